The highest BCUT2D eigenvalue weighted by atomic mass is 16.2. The van der Waals surface area contributed by atoms with Crippen molar-refractivity contribution < 1.29 is 9.59 Å². The third-order valence-electron chi connectivity index (χ3n) is 5.01. The van der Waals surface area contributed by atoms with Crippen LogP contribution in [0.4, 0.5) is 11.6 Å². The predicted octanol–water partition coefficient (Wildman–Crippen LogP) is 3.77. The molecule has 0 unspecified atom stereocenters. The third kappa shape index (κ3) is 4.46. The predicted molar refractivity (Wildman–Crippen MR) is 118 cm³/mol. The van der Waals surface area contributed by atoms with E-state index in [-0.39, 0.29) is 11.9 Å². The Hall–Kier alpha value is -3.74. The van der Waals surface area contributed by atoms with Gasteiger partial charge in [0.25, 0.3) is 5.91 Å². The van der Waals surface area contributed by atoms with Gasteiger partial charge >= 0.3 is 0 Å². The van der Waals surface area contributed by atoms with E-state index in [2.05, 4.69) is 15.3 Å². The van der Waals surface area contributed by atoms with Crippen molar-refractivity contribution >= 4 is 23.5 Å². The minimum atomic E-state index is -0.473. The van der Waals surface area contributed by atoms with Crippen molar-refractivity contribution in [2.75, 3.05) is 12.4 Å². The average Bonchev–Trinajstić information content (AvgIpc) is 2.73. The van der Waals surface area contributed by atoms with Crippen molar-refractivity contribution in [3.63, 3.8) is 0 Å². The minimum Gasteiger partial charge on any atom is -0.366 e. The number of benzene rings is 2. The first-order chi connectivity index (χ1) is 14.3. The number of carbonyl (C=O) groups is 2. The third-order valence-corrected chi connectivity index (χ3v) is 5.01. The van der Waals surface area contributed by atoms with Crippen molar-refractivity contribution in [3.05, 3.63) is 71.4 Å². The van der Waals surface area contributed by atoms with Gasteiger partial charge in [0, 0.05) is 41.7 Å². The van der Waals surface area contributed by atoms with Crippen LogP contribution >= 0.6 is 0 Å². The molecule has 154 valence electrons. The minimum absolute atomic E-state index is 0.0281. The standard InChI is InChI=1S/C23H25N5O2/c1-14(2)28(4)22(30)16-8-10-17(11-9-16)26-23-25-13-12-20(27-23)18-6-5-7-19(15(18)3)21(24)29/h5-14H,1-4H3,(H2,24,29)(H,25,26,27). The zero-order chi connectivity index (χ0) is 21.8. The maximum absolute atomic E-state index is 12.4. The van der Waals surface area contributed by atoms with Gasteiger partial charge in [0.15, 0.2) is 0 Å². The molecule has 7 heteroatoms. The van der Waals surface area contributed by atoms with Crippen molar-refractivity contribution in [1.29, 1.82) is 0 Å². The van der Waals surface area contributed by atoms with E-state index >= 15 is 0 Å². The molecule has 3 aromatic rings. The van der Waals surface area contributed by atoms with Crippen LogP contribution in [-0.4, -0.2) is 39.8 Å². The summed E-state index contributed by atoms with van der Waals surface area (Å²) >= 11 is 0. The molecule has 0 aliphatic rings. The molecule has 1 aromatic heterocycles. The molecule has 0 saturated heterocycles. The number of nitrogens with two attached hydrogens (primary N) is 1. The van der Waals surface area contributed by atoms with Crippen LogP contribution in [0, 0.1) is 6.92 Å². The first-order valence-electron chi connectivity index (χ1n) is 9.65. The smallest absolute Gasteiger partial charge is 0.253 e. The van der Waals surface area contributed by atoms with E-state index in [9.17, 15) is 9.59 Å². The number of hydrogen-bond acceptors (Lipinski definition) is 5. The number of nitrogens with zero attached hydrogens (tertiary/aromatic N) is 3. The van der Waals surface area contributed by atoms with Gasteiger partial charge < -0.3 is 16.0 Å². The maximum Gasteiger partial charge on any atom is 0.253 e. The van der Waals surface area contributed by atoms with Gasteiger partial charge in [0.2, 0.25) is 11.9 Å². The van der Waals surface area contributed by atoms with E-state index in [1.165, 1.54) is 0 Å². The van der Waals surface area contributed by atoms with Crippen molar-refractivity contribution in [1.82, 2.24) is 14.9 Å². The molecule has 0 fully saturated rings. The number of anilines is 2. The van der Waals surface area contributed by atoms with Gasteiger partial charge in [-0.05, 0) is 62.7 Å². The van der Waals surface area contributed by atoms with Crippen LogP contribution in [0.3, 0.4) is 0 Å². The molecule has 2 aromatic carbocycles. The van der Waals surface area contributed by atoms with Gasteiger partial charge in [-0.2, -0.15) is 0 Å². The molecular formula is C23H25N5O2. The monoisotopic (exact) mass is 403 g/mol. The van der Waals surface area contributed by atoms with Crippen LogP contribution in [0.5, 0.6) is 0 Å². The lowest BCUT2D eigenvalue weighted by Crippen LogP contribution is -2.32. The van der Waals surface area contributed by atoms with E-state index < -0.39 is 5.91 Å². The Morgan fingerprint density at radius 1 is 1.07 bits per heavy atom. The Morgan fingerprint density at radius 3 is 2.40 bits per heavy atom. The van der Waals surface area contributed by atoms with Gasteiger partial charge in [0.05, 0.1) is 5.69 Å². The molecule has 0 aliphatic carbocycles. The molecule has 30 heavy (non-hydrogen) atoms. The van der Waals surface area contributed by atoms with E-state index in [0.717, 1.165) is 16.8 Å². The van der Waals surface area contributed by atoms with E-state index in [0.29, 0.717) is 22.8 Å². The molecule has 0 atom stereocenters. The molecule has 0 bridgehead atoms. The number of carbonyl (C=O) groups excluding carboxylic acids is 2. The second kappa shape index (κ2) is 8.73. The fourth-order valence-electron chi connectivity index (χ4n) is 3.01. The molecule has 7 nitrogen and oxygen atoms in total. The number of rotatable bonds is 6. The second-order valence-corrected chi connectivity index (χ2v) is 7.32. The number of hydrogen-bond donors (Lipinski definition) is 2. The first kappa shape index (κ1) is 21.0. The lowest BCUT2D eigenvalue weighted by atomic mass is 9.99. The molecule has 3 N–H and O–H groups in total. The molecule has 0 saturated carbocycles. The van der Waals surface area contributed by atoms with E-state index in [1.54, 1.807) is 48.5 Å². The molecule has 2 amide bonds. The van der Waals surface area contributed by atoms with Crippen LogP contribution in [0.15, 0.2) is 54.7 Å². The van der Waals surface area contributed by atoms with Gasteiger partial charge in [-0.1, -0.05) is 12.1 Å². The Kier molecular flexibility index (Phi) is 6.11. The fraction of sp³-hybridized carbons (Fsp3) is 0.217. The fourth-order valence-corrected chi connectivity index (χ4v) is 3.01. The molecule has 1 heterocycles. The summed E-state index contributed by atoms with van der Waals surface area (Å²) in [5.74, 6) is -0.0890. The summed E-state index contributed by atoms with van der Waals surface area (Å²) in [6.07, 6.45) is 1.65. The Labute approximate surface area is 176 Å². The second-order valence-electron chi connectivity index (χ2n) is 7.32. The Bertz CT molecular complexity index is 1080. The summed E-state index contributed by atoms with van der Waals surface area (Å²) in [4.78, 5) is 34.5. The average molecular weight is 403 g/mol. The summed E-state index contributed by atoms with van der Waals surface area (Å²) in [6, 6.07) is 14.4. The number of aromatic nitrogens is 2. The highest BCUT2D eigenvalue weighted by Crippen LogP contribution is 2.25. The highest BCUT2D eigenvalue weighted by Gasteiger charge is 2.14. The normalized spacial score (nSPS) is 10.7. The zero-order valence-corrected chi connectivity index (χ0v) is 17.5. The van der Waals surface area contributed by atoms with Gasteiger partial charge in [-0.15, -0.1) is 0 Å². The highest BCUT2D eigenvalue weighted by molar-refractivity contribution is 5.96. The topological polar surface area (TPSA) is 101 Å². The quantitative estimate of drug-likeness (QED) is 0.652. The van der Waals surface area contributed by atoms with Crippen LogP contribution in [0.25, 0.3) is 11.3 Å². The van der Waals surface area contributed by atoms with Crippen molar-refractivity contribution in [2.45, 2.75) is 26.8 Å². The number of primary amides is 1. The van der Waals surface area contributed by atoms with Crippen LogP contribution in [0.2, 0.25) is 0 Å². The molecule has 0 spiro atoms. The van der Waals surface area contributed by atoms with Gasteiger partial charge in [0.1, 0.15) is 0 Å². The molecule has 3 rings (SSSR count). The first-order valence-corrected chi connectivity index (χ1v) is 9.65. The maximum atomic E-state index is 12.4. The van der Waals surface area contributed by atoms with Crippen LogP contribution < -0.4 is 11.1 Å². The van der Waals surface area contributed by atoms with Crippen molar-refractivity contribution in [2.24, 2.45) is 5.73 Å². The largest absolute Gasteiger partial charge is 0.366 e. The summed E-state index contributed by atoms with van der Waals surface area (Å²) < 4.78 is 0. The summed E-state index contributed by atoms with van der Waals surface area (Å²) in [5, 5.41) is 3.15. The lowest BCUT2D eigenvalue weighted by Gasteiger charge is -2.21. The van der Waals surface area contributed by atoms with Crippen LogP contribution in [0.1, 0.15) is 40.1 Å². The summed E-state index contributed by atoms with van der Waals surface area (Å²) in [6.45, 7) is 5.78. The van der Waals surface area contributed by atoms with Crippen LogP contribution in [-0.2, 0) is 0 Å². The van der Waals surface area contributed by atoms with E-state index in [4.69, 9.17) is 5.73 Å². The molecular weight excluding hydrogens is 378 g/mol. The SMILES string of the molecule is Cc1c(C(N)=O)cccc1-c1ccnc(Nc2ccc(C(=O)N(C)C(C)C)cc2)n1. The summed E-state index contributed by atoms with van der Waals surface area (Å²) in [5.41, 5.74) is 9.56. The zero-order valence-electron chi connectivity index (χ0n) is 17.5. The molecule has 0 aliphatic heterocycles. The number of amides is 2. The Morgan fingerprint density at radius 2 is 1.77 bits per heavy atom. The Balaban J connectivity index is 1.82. The van der Waals surface area contributed by atoms with E-state index in [1.807, 2.05) is 39.0 Å². The number of nitrogens with one attached hydrogen (secondary N) is 1. The van der Waals surface area contributed by atoms with Gasteiger partial charge in [-0.25, -0.2) is 9.97 Å². The summed E-state index contributed by atoms with van der Waals surface area (Å²) in [7, 11) is 1.79. The lowest BCUT2D eigenvalue weighted by molar-refractivity contribution is 0.0754. The molecule has 0 radical (unpaired) electrons. The van der Waals surface area contributed by atoms with Crippen molar-refractivity contribution in [3.8, 4) is 11.3 Å². The van der Waals surface area contributed by atoms with Gasteiger partial charge in [-0.3, -0.25) is 9.59 Å².